The number of nitrogens with zero attached hydrogens (tertiary/aromatic N) is 2. The van der Waals surface area contributed by atoms with Gasteiger partial charge in [0, 0.05) is 41.9 Å². The van der Waals surface area contributed by atoms with E-state index in [0.717, 1.165) is 30.8 Å². The summed E-state index contributed by atoms with van der Waals surface area (Å²) in [5, 5.41) is 0. The molecular weight excluding hydrogens is 484 g/mol. The van der Waals surface area contributed by atoms with E-state index in [2.05, 4.69) is 45.1 Å². The van der Waals surface area contributed by atoms with Crippen molar-refractivity contribution >= 4 is 39.4 Å². The van der Waals surface area contributed by atoms with Crippen LogP contribution in [-0.2, 0) is 20.9 Å². The molecule has 5 rings (SSSR count). The largest absolute Gasteiger partial charge is 0.462 e. The molecule has 2 aromatic carbocycles. The fraction of sp³-hybridized carbons (Fsp3) is 0.423. The van der Waals surface area contributed by atoms with Crippen LogP contribution in [0.15, 0.2) is 53.0 Å². The van der Waals surface area contributed by atoms with Gasteiger partial charge < -0.3 is 4.74 Å². The van der Waals surface area contributed by atoms with Gasteiger partial charge in [0.25, 0.3) is 0 Å². The van der Waals surface area contributed by atoms with Crippen molar-refractivity contribution in [3.8, 4) is 0 Å². The lowest BCUT2D eigenvalue weighted by Crippen LogP contribution is -2.34. The average Bonchev–Trinajstić information content (AvgIpc) is 3.43. The molecule has 1 aliphatic carbocycles. The van der Waals surface area contributed by atoms with E-state index in [4.69, 9.17) is 4.74 Å². The molecule has 2 amide bonds. The molecule has 3 aliphatic rings. The fourth-order valence-corrected chi connectivity index (χ4v) is 6.01. The third-order valence-corrected chi connectivity index (χ3v) is 7.79. The molecule has 4 atom stereocenters. The van der Waals surface area contributed by atoms with Gasteiger partial charge in [-0.25, -0.2) is 9.69 Å². The van der Waals surface area contributed by atoms with E-state index in [0.29, 0.717) is 34.6 Å². The maximum absolute atomic E-state index is 13.1. The predicted octanol–water partition coefficient (Wildman–Crippen LogP) is 4.42. The Morgan fingerprint density at radius 3 is 2.64 bits per heavy atom. The molecule has 1 saturated carbocycles. The quantitative estimate of drug-likeness (QED) is 0.425. The number of likely N-dealkylation sites (tertiary alicyclic amines) is 1. The highest BCUT2D eigenvalue weighted by molar-refractivity contribution is 9.10. The van der Waals surface area contributed by atoms with Crippen molar-refractivity contribution in [1.82, 2.24) is 4.90 Å². The highest BCUT2D eigenvalue weighted by Crippen LogP contribution is 2.43. The van der Waals surface area contributed by atoms with Gasteiger partial charge >= 0.3 is 5.97 Å². The number of piperidine rings is 1. The van der Waals surface area contributed by atoms with Crippen molar-refractivity contribution in [1.29, 1.82) is 0 Å². The van der Waals surface area contributed by atoms with E-state index >= 15 is 0 Å². The average molecular weight is 511 g/mol. The Balaban J connectivity index is 1.29. The first-order valence-corrected chi connectivity index (χ1v) is 12.3. The van der Waals surface area contributed by atoms with Gasteiger partial charge in [0.15, 0.2) is 0 Å². The SMILES string of the molecule is CC1CC(=O)N(c2ccc(Br)cc2C(=O)OCC2C3CCC2N(Cc2ccccc2)C3)C1=O. The molecule has 172 valence electrons. The van der Waals surface area contributed by atoms with Gasteiger partial charge in [-0.05, 0) is 42.5 Å². The molecule has 2 aromatic rings. The lowest BCUT2D eigenvalue weighted by atomic mass is 9.99. The van der Waals surface area contributed by atoms with Crippen LogP contribution in [0.5, 0.6) is 0 Å². The number of anilines is 1. The maximum Gasteiger partial charge on any atom is 0.340 e. The van der Waals surface area contributed by atoms with Gasteiger partial charge in [-0.1, -0.05) is 53.2 Å². The molecule has 2 aliphatic heterocycles. The number of benzene rings is 2. The summed E-state index contributed by atoms with van der Waals surface area (Å²) in [5.74, 6) is -0.600. The standard InChI is InChI=1S/C26H27BrN2O4/c1-16-11-24(30)29(25(16)31)23-10-8-19(27)12-20(23)26(32)33-15-21-18-7-9-22(21)28(14-18)13-17-5-3-2-4-6-17/h2-6,8,10,12,16,18,21-22H,7,9,11,13-15H2,1H3. The summed E-state index contributed by atoms with van der Waals surface area (Å²) < 4.78 is 6.50. The molecule has 2 saturated heterocycles. The first kappa shape index (κ1) is 22.3. The summed E-state index contributed by atoms with van der Waals surface area (Å²) in [6.45, 7) is 4.02. The molecule has 0 aromatic heterocycles. The molecular formula is C26H27BrN2O4. The Hall–Kier alpha value is -2.51. The van der Waals surface area contributed by atoms with Crippen LogP contribution in [0.2, 0.25) is 0 Å². The van der Waals surface area contributed by atoms with Crippen LogP contribution in [0, 0.1) is 17.8 Å². The Morgan fingerprint density at radius 1 is 1.12 bits per heavy atom. The van der Waals surface area contributed by atoms with Crippen LogP contribution in [0.25, 0.3) is 0 Å². The van der Waals surface area contributed by atoms with Gasteiger partial charge in [-0.15, -0.1) is 0 Å². The summed E-state index contributed by atoms with van der Waals surface area (Å²) >= 11 is 3.40. The van der Waals surface area contributed by atoms with E-state index in [1.54, 1.807) is 25.1 Å². The van der Waals surface area contributed by atoms with Crippen molar-refractivity contribution in [3.63, 3.8) is 0 Å². The first-order valence-electron chi connectivity index (χ1n) is 11.5. The van der Waals surface area contributed by atoms with Crippen molar-refractivity contribution in [3.05, 3.63) is 64.1 Å². The van der Waals surface area contributed by atoms with Gasteiger partial charge in [0.1, 0.15) is 0 Å². The predicted molar refractivity (Wildman–Crippen MR) is 128 cm³/mol. The topological polar surface area (TPSA) is 66.9 Å². The van der Waals surface area contributed by atoms with E-state index in [1.807, 2.05) is 6.07 Å². The van der Waals surface area contributed by atoms with E-state index in [1.165, 1.54) is 5.56 Å². The number of hydrogen-bond acceptors (Lipinski definition) is 5. The smallest absolute Gasteiger partial charge is 0.340 e. The Kier molecular flexibility index (Phi) is 6.10. The second-order valence-corrected chi connectivity index (χ2v) is 10.3. The van der Waals surface area contributed by atoms with Crippen LogP contribution in [-0.4, -0.2) is 41.9 Å². The summed E-state index contributed by atoms with van der Waals surface area (Å²) in [4.78, 5) is 41.8. The summed E-state index contributed by atoms with van der Waals surface area (Å²) in [7, 11) is 0. The normalized spacial score (nSPS) is 26.9. The van der Waals surface area contributed by atoms with Gasteiger partial charge in [-0.3, -0.25) is 14.5 Å². The van der Waals surface area contributed by atoms with Crippen molar-refractivity contribution in [2.24, 2.45) is 17.8 Å². The molecule has 0 spiro atoms. The highest BCUT2D eigenvalue weighted by atomic mass is 79.9. The van der Waals surface area contributed by atoms with Crippen LogP contribution < -0.4 is 4.90 Å². The number of carbonyl (C=O) groups excluding carboxylic acids is 3. The molecule has 2 heterocycles. The molecule has 0 radical (unpaired) electrons. The Labute approximate surface area is 202 Å². The first-order chi connectivity index (χ1) is 15.9. The van der Waals surface area contributed by atoms with Gasteiger partial charge in [-0.2, -0.15) is 0 Å². The highest BCUT2D eigenvalue weighted by Gasteiger charge is 2.47. The number of fused-ring (bicyclic) bond motifs is 2. The van der Waals surface area contributed by atoms with Crippen LogP contribution in [0.1, 0.15) is 42.1 Å². The number of ether oxygens (including phenoxy) is 1. The zero-order chi connectivity index (χ0) is 23.1. The fourth-order valence-electron chi connectivity index (χ4n) is 5.64. The van der Waals surface area contributed by atoms with Gasteiger partial charge in [0.05, 0.1) is 17.9 Å². The molecule has 2 bridgehead atoms. The molecule has 6 nitrogen and oxygen atoms in total. The maximum atomic E-state index is 13.1. The third-order valence-electron chi connectivity index (χ3n) is 7.30. The summed E-state index contributed by atoms with van der Waals surface area (Å²) in [6.07, 6.45) is 2.44. The van der Waals surface area contributed by atoms with E-state index in [-0.39, 0.29) is 29.7 Å². The number of rotatable bonds is 6. The lowest BCUT2D eigenvalue weighted by molar-refractivity contribution is -0.122. The number of imide groups is 1. The minimum absolute atomic E-state index is 0.159. The minimum atomic E-state index is -0.493. The van der Waals surface area contributed by atoms with Crippen LogP contribution >= 0.6 is 15.9 Å². The number of hydrogen-bond donors (Lipinski definition) is 0. The second-order valence-electron chi connectivity index (χ2n) is 9.42. The van der Waals surface area contributed by atoms with Crippen molar-refractivity contribution in [2.45, 2.75) is 38.8 Å². The molecule has 4 unspecified atom stereocenters. The summed E-state index contributed by atoms with van der Waals surface area (Å²) in [6, 6.07) is 15.9. The van der Waals surface area contributed by atoms with Crippen molar-refractivity contribution < 1.29 is 19.1 Å². The lowest BCUT2D eigenvalue weighted by Gasteiger charge is -2.27. The zero-order valence-electron chi connectivity index (χ0n) is 18.6. The minimum Gasteiger partial charge on any atom is -0.462 e. The van der Waals surface area contributed by atoms with Crippen molar-refractivity contribution in [2.75, 3.05) is 18.1 Å². The van der Waals surface area contributed by atoms with Crippen LogP contribution in [0.4, 0.5) is 5.69 Å². The Bertz CT molecular complexity index is 1090. The molecule has 3 fully saturated rings. The van der Waals surface area contributed by atoms with Gasteiger partial charge in [0.2, 0.25) is 11.8 Å². The number of carbonyl (C=O) groups is 3. The monoisotopic (exact) mass is 510 g/mol. The van der Waals surface area contributed by atoms with Crippen LogP contribution in [0.3, 0.4) is 0 Å². The van der Waals surface area contributed by atoms with E-state index < -0.39 is 5.97 Å². The number of esters is 1. The second kappa shape index (κ2) is 9.03. The molecule has 33 heavy (non-hydrogen) atoms. The number of amides is 2. The Morgan fingerprint density at radius 2 is 1.91 bits per heavy atom. The molecule has 0 N–H and O–H groups in total. The summed E-state index contributed by atoms with van der Waals surface area (Å²) in [5.41, 5.74) is 1.85. The third kappa shape index (κ3) is 4.24. The number of halogens is 1. The molecule has 7 heteroatoms. The van der Waals surface area contributed by atoms with E-state index in [9.17, 15) is 14.4 Å². The zero-order valence-corrected chi connectivity index (χ0v) is 20.2.